The van der Waals surface area contributed by atoms with E-state index in [4.69, 9.17) is 10.5 Å². The Hall–Kier alpha value is -0.730. The number of carbonyl (C=O) groups is 1. The predicted molar refractivity (Wildman–Crippen MR) is 98.5 cm³/mol. The maximum absolute atomic E-state index is 11.6. The highest BCUT2D eigenvalue weighted by Crippen LogP contribution is 2.32. The Bertz CT molecular complexity index is 388. The van der Waals surface area contributed by atoms with Crippen LogP contribution in [0, 0.1) is 11.8 Å². The van der Waals surface area contributed by atoms with Crippen LogP contribution in [0.15, 0.2) is 4.99 Å². The molecule has 0 aromatic carbocycles. The number of rotatable bonds is 5. The van der Waals surface area contributed by atoms with Gasteiger partial charge in [0.25, 0.3) is 0 Å². The van der Waals surface area contributed by atoms with Crippen LogP contribution < -0.4 is 11.1 Å². The molecule has 1 amide bonds. The van der Waals surface area contributed by atoms with E-state index >= 15 is 0 Å². The van der Waals surface area contributed by atoms with Gasteiger partial charge in [-0.3, -0.25) is 4.99 Å². The summed E-state index contributed by atoms with van der Waals surface area (Å²) >= 11 is 0. The van der Waals surface area contributed by atoms with Crippen molar-refractivity contribution in [2.75, 3.05) is 26.2 Å². The number of likely N-dealkylation sites (tertiary alicyclic amines) is 1. The van der Waals surface area contributed by atoms with Crippen molar-refractivity contribution in [2.45, 2.75) is 45.6 Å². The normalized spacial score (nSPS) is 23.5. The van der Waals surface area contributed by atoms with Crippen LogP contribution in [0.3, 0.4) is 0 Å². The average Bonchev–Trinajstić information content (AvgIpc) is 3.28. The molecule has 1 saturated heterocycles. The van der Waals surface area contributed by atoms with Gasteiger partial charge >= 0.3 is 6.09 Å². The summed E-state index contributed by atoms with van der Waals surface area (Å²) in [5.41, 5.74) is 6.10. The molecule has 2 aliphatic rings. The molecule has 2 unspecified atom stereocenters. The number of hydrogen-bond donors (Lipinski definition) is 2. The lowest BCUT2D eigenvalue weighted by Gasteiger charge is -2.31. The third kappa shape index (κ3) is 6.18. The van der Waals surface area contributed by atoms with E-state index in [2.05, 4.69) is 22.1 Å². The van der Waals surface area contributed by atoms with E-state index in [9.17, 15) is 4.79 Å². The van der Waals surface area contributed by atoms with Gasteiger partial charge < -0.3 is 20.7 Å². The van der Waals surface area contributed by atoms with Crippen molar-refractivity contribution in [1.29, 1.82) is 0 Å². The van der Waals surface area contributed by atoms with Crippen LogP contribution in [0.1, 0.15) is 39.5 Å². The number of alkyl carbamates (subject to hydrolysis) is 1. The van der Waals surface area contributed by atoms with Gasteiger partial charge in [0, 0.05) is 13.1 Å². The van der Waals surface area contributed by atoms with Crippen LogP contribution in [0.5, 0.6) is 0 Å². The first kappa shape index (κ1) is 19.3. The van der Waals surface area contributed by atoms with Gasteiger partial charge in [-0.15, -0.1) is 24.0 Å². The van der Waals surface area contributed by atoms with Crippen LogP contribution in [-0.2, 0) is 4.74 Å². The predicted octanol–water partition coefficient (Wildman–Crippen LogP) is 2.18. The van der Waals surface area contributed by atoms with Gasteiger partial charge in [-0.1, -0.05) is 6.92 Å². The Labute approximate surface area is 150 Å². The topological polar surface area (TPSA) is 79.9 Å². The molecule has 1 aliphatic heterocycles. The molecule has 0 aromatic heterocycles. The zero-order valence-corrected chi connectivity index (χ0v) is 15.9. The molecule has 7 heteroatoms. The Morgan fingerprint density at radius 3 is 2.77 bits per heavy atom. The fraction of sp³-hybridized carbons (Fsp3) is 0.867. The number of piperidine rings is 1. The Balaban J connectivity index is 0.00000242. The Kier molecular flexibility index (Phi) is 8.27. The fourth-order valence-electron chi connectivity index (χ4n) is 2.82. The minimum Gasteiger partial charge on any atom is -0.450 e. The average molecular weight is 424 g/mol. The number of guanidine groups is 1. The van der Waals surface area contributed by atoms with E-state index in [1.54, 1.807) is 6.92 Å². The van der Waals surface area contributed by atoms with E-state index < -0.39 is 0 Å². The summed E-state index contributed by atoms with van der Waals surface area (Å²) in [5, 5.41) is 2.90. The van der Waals surface area contributed by atoms with Crippen molar-refractivity contribution >= 4 is 36.0 Å². The van der Waals surface area contributed by atoms with Gasteiger partial charge in [-0.05, 0) is 44.4 Å². The van der Waals surface area contributed by atoms with Crippen LogP contribution in [-0.4, -0.2) is 49.2 Å². The monoisotopic (exact) mass is 424 g/mol. The molecular weight excluding hydrogens is 395 g/mol. The molecule has 1 aliphatic carbocycles. The molecule has 128 valence electrons. The van der Waals surface area contributed by atoms with E-state index in [1.807, 2.05) is 0 Å². The largest absolute Gasteiger partial charge is 0.450 e. The SMILES string of the molecule is CCOC(=O)NC(CN=C(N)N1CCCC(C)C1)C1CC1.I. The summed E-state index contributed by atoms with van der Waals surface area (Å²) in [6.45, 7) is 6.95. The number of nitrogens with two attached hydrogens (primary N) is 1. The number of carbonyl (C=O) groups excluding carboxylic acids is 1. The van der Waals surface area contributed by atoms with Gasteiger partial charge in [0.15, 0.2) is 5.96 Å². The molecule has 2 rings (SSSR count). The van der Waals surface area contributed by atoms with Gasteiger partial charge in [-0.2, -0.15) is 0 Å². The number of aliphatic imine (C=N–C) groups is 1. The molecule has 2 fully saturated rings. The summed E-state index contributed by atoms with van der Waals surface area (Å²) in [7, 11) is 0. The first-order chi connectivity index (χ1) is 10.1. The second kappa shape index (κ2) is 9.42. The molecule has 1 saturated carbocycles. The molecule has 2 atom stereocenters. The third-order valence-corrected chi connectivity index (χ3v) is 4.20. The quantitative estimate of drug-likeness (QED) is 0.403. The van der Waals surface area contributed by atoms with Crippen LogP contribution in [0.25, 0.3) is 0 Å². The zero-order chi connectivity index (χ0) is 15.2. The molecule has 0 bridgehead atoms. The standard InChI is InChI=1S/C15H28N4O2.HI/c1-3-21-15(20)18-13(12-6-7-12)9-17-14(16)19-8-4-5-11(2)10-19;/h11-13H,3-10H2,1-2H3,(H2,16,17)(H,18,20);1H. The first-order valence-electron chi connectivity index (χ1n) is 8.08. The van der Waals surface area contributed by atoms with Crippen molar-refractivity contribution in [1.82, 2.24) is 10.2 Å². The molecule has 1 heterocycles. The molecular formula is C15H29IN4O2. The number of halogens is 1. The maximum Gasteiger partial charge on any atom is 0.407 e. The van der Waals surface area contributed by atoms with Crippen molar-refractivity contribution in [3.05, 3.63) is 0 Å². The summed E-state index contributed by atoms with van der Waals surface area (Å²) in [6, 6.07) is 0.0461. The Morgan fingerprint density at radius 1 is 1.45 bits per heavy atom. The van der Waals surface area contributed by atoms with Gasteiger partial charge in [-0.25, -0.2) is 4.79 Å². The zero-order valence-electron chi connectivity index (χ0n) is 13.6. The maximum atomic E-state index is 11.6. The van der Waals surface area contributed by atoms with Crippen molar-refractivity contribution in [3.8, 4) is 0 Å². The van der Waals surface area contributed by atoms with E-state index in [0.29, 0.717) is 30.9 Å². The highest BCUT2D eigenvalue weighted by atomic mass is 127. The molecule has 0 radical (unpaired) electrons. The van der Waals surface area contributed by atoms with Gasteiger partial charge in [0.05, 0.1) is 19.2 Å². The molecule has 6 nitrogen and oxygen atoms in total. The van der Waals surface area contributed by atoms with E-state index in [1.165, 1.54) is 12.8 Å². The number of amides is 1. The second-order valence-electron chi connectivity index (χ2n) is 6.20. The summed E-state index contributed by atoms with van der Waals surface area (Å²) in [4.78, 5) is 18.2. The number of ether oxygens (including phenoxy) is 1. The first-order valence-corrected chi connectivity index (χ1v) is 8.08. The van der Waals surface area contributed by atoms with Crippen LogP contribution in [0.2, 0.25) is 0 Å². The lowest BCUT2D eigenvalue weighted by molar-refractivity contribution is 0.147. The lowest BCUT2D eigenvalue weighted by atomic mass is 10.0. The smallest absolute Gasteiger partial charge is 0.407 e. The van der Waals surface area contributed by atoms with Crippen molar-refractivity contribution < 1.29 is 9.53 Å². The minimum atomic E-state index is -0.352. The summed E-state index contributed by atoms with van der Waals surface area (Å²) in [6.07, 6.45) is 4.37. The van der Waals surface area contributed by atoms with Crippen molar-refractivity contribution in [3.63, 3.8) is 0 Å². The minimum absolute atomic E-state index is 0. The van der Waals surface area contributed by atoms with Gasteiger partial charge in [0.2, 0.25) is 0 Å². The van der Waals surface area contributed by atoms with Crippen LogP contribution in [0.4, 0.5) is 4.79 Å². The summed E-state index contributed by atoms with van der Waals surface area (Å²) < 4.78 is 4.95. The second-order valence-corrected chi connectivity index (χ2v) is 6.20. The van der Waals surface area contributed by atoms with Gasteiger partial charge in [0.1, 0.15) is 0 Å². The number of nitrogens with one attached hydrogen (secondary N) is 1. The lowest BCUT2D eigenvalue weighted by Crippen LogP contribution is -2.45. The molecule has 0 aromatic rings. The molecule has 3 N–H and O–H groups in total. The molecule has 0 spiro atoms. The third-order valence-electron chi connectivity index (χ3n) is 4.20. The number of nitrogens with zero attached hydrogens (tertiary/aromatic N) is 2. The van der Waals surface area contributed by atoms with Crippen LogP contribution >= 0.6 is 24.0 Å². The highest BCUT2D eigenvalue weighted by Gasteiger charge is 2.32. The van der Waals surface area contributed by atoms with E-state index in [0.717, 1.165) is 25.9 Å². The Morgan fingerprint density at radius 2 is 2.18 bits per heavy atom. The fourth-order valence-corrected chi connectivity index (χ4v) is 2.82. The highest BCUT2D eigenvalue weighted by molar-refractivity contribution is 14.0. The number of hydrogen-bond acceptors (Lipinski definition) is 3. The summed E-state index contributed by atoms with van der Waals surface area (Å²) in [5.74, 6) is 1.80. The van der Waals surface area contributed by atoms with E-state index in [-0.39, 0.29) is 36.1 Å². The van der Waals surface area contributed by atoms with Crippen molar-refractivity contribution in [2.24, 2.45) is 22.6 Å². The molecule has 22 heavy (non-hydrogen) atoms.